The second-order valence-electron chi connectivity index (χ2n) is 10.4. The molecule has 0 radical (unpaired) electrons. The summed E-state index contributed by atoms with van der Waals surface area (Å²) in [5.41, 5.74) is 4.20. The van der Waals surface area contributed by atoms with Crippen molar-refractivity contribution in [2.24, 2.45) is 17.3 Å². The Labute approximate surface area is 189 Å². The second kappa shape index (κ2) is 6.99. The fraction of sp³-hybridized carbons (Fsp3) is 0.536. The number of aliphatic hydroxyl groups is 1. The van der Waals surface area contributed by atoms with Gasteiger partial charge < -0.3 is 14.6 Å². The van der Waals surface area contributed by atoms with E-state index < -0.39 is 5.60 Å². The molecular weight excluding hydrogens is 400 g/mol. The Morgan fingerprint density at radius 1 is 1.12 bits per heavy atom. The smallest absolute Gasteiger partial charge is 0.231 e. The molecule has 1 aliphatic heterocycles. The first kappa shape index (κ1) is 20.1. The van der Waals surface area contributed by atoms with Crippen molar-refractivity contribution in [2.75, 3.05) is 6.79 Å². The maximum Gasteiger partial charge on any atom is 0.231 e. The third-order valence-corrected chi connectivity index (χ3v) is 9.02. The van der Waals surface area contributed by atoms with E-state index in [0.29, 0.717) is 18.3 Å². The lowest BCUT2D eigenvalue weighted by Crippen LogP contribution is -2.51. The van der Waals surface area contributed by atoms with Crippen LogP contribution in [0, 0.1) is 29.1 Å². The van der Waals surface area contributed by atoms with Gasteiger partial charge in [0.2, 0.25) is 6.79 Å². The molecule has 0 saturated heterocycles. The van der Waals surface area contributed by atoms with Crippen LogP contribution >= 0.6 is 0 Å². The quantitative estimate of drug-likeness (QED) is 0.632. The molecule has 2 fully saturated rings. The lowest BCUT2D eigenvalue weighted by atomic mass is 9.51. The van der Waals surface area contributed by atoms with Crippen LogP contribution in [-0.2, 0) is 4.79 Å². The number of rotatable bonds is 1. The van der Waals surface area contributed by atoms with Crippen molar-refractivity contribution in [1.29, 1.82) is 0 Å². The van der Waals surface area contributed by atoms with Crippen molar-refractivity contribution >= 4 is 5.78 Å². The number of fused-ring (bicyclic) bond motifs is 5. The van der Waals surface area contributed by atoms with Crippen molar-refractivity contribution in [2.45, 2.75) is 70.3 Å². The summed E-state index contributed by atoms with van der Waals surface area (Å²) in [6, 6.07) is 6.31. The Bertz CT molecular complexity index is 1130. The van der Waals surface area contributed by atoms with Gasteiger partial charge in [0.05, 0.1) is 0 Å². The topological polar surface area (TPSA) is 55.8 Å². The molecule has 5 aliphatic rings. The van der Waals surface area contributed by atoms with E-state index in [-0.39, 0.29) is 23.9 Å². The number of hydrogen-bond acceptors (Lipinski definition) is 4. The van der Waals surface area contributed by atoms with E-state index in [1.54, 1.807) is 0 Å². The minimum absolute atomic E-state index is 0.186. The van der Waals surface area contributed by atoms with Gasteiger partial charge in [-0.25, -0.2) is 0 Å². The Morgan fingerprint density at radius 2 is 1.97 bits per heavy atom. The average molecular weight is 431 g/mol. The van der Waals surface area contributed by atoms with Gasteiger partial charge in [-0.05, 0) is 92.2 Å². The Hall–Kier alpha value is -2.51. The van der Waals surface area contributed by atoms with Crippen molar-refractivity contribution in [3.8, 4) is 23.3 Å². The Morgan fingerprint density at radius 3 is 2.81 bits per heavy atom. The molecule has 0 bridgehead atoms. The van der Waals surface area contributed by atoms with Crippen molar-refractivity contribution in [1.82, 2.24) is 0 Å². The molecule has 4 heteroatoms. The summed E-state index contributed by atoms with van der Waals surface area (Å²) in [7, 11) is 0. The molecule has 6 rings (SSSR count). The predicted molar refractivity (Wildman–Crippen MR) is 121 cm³/mol. The zero-order valence-corrected chi connectivity index (χ0v) is 18.9. The predicted octanol–water partition coefficient (Wildman–Crippen LogP) is 5.07. The number of hydrogen-bond donors (Lipinski definition) is 1. The van der Waals surface area contributed by atoms with Crippen LogP contribution in [0.2, 0.25) is 0 Å². The summed E-state index contributed by atoms with van der Waals surface area (Å²) in [6.07, 6.45) is 7.98. The molecule has 1 heterocycles. The number of allylic oxidation sites excluding steroid dienone is 4. The van der Waals surface area contributed by atoms with E-state index in [0.717, 1.165) is 50.0 Å². The van der Waals surface area contributed by atoms with E-state index in [1.807, 2.05) is 19.1 Å². The van der Waals surface area contributed by atoms with Crippen LogP contribution < -0.4 is 9.47 Å². The highest BCUT2D eigenvalue weighted by Gasteiger charge is 2.62. The lowest BCUT2D eigenvalue weighted by molar-refractivity contribution is -0.114. The van der Waals surface area contributed by atoms with E-state index in [2.05, 4.69) is 30.9 Å². The summed E-state index contributed by atoms with van der Waals surface area (Å²) >= 11 is 0. The van der Waals surface area contributed by atoms with Crippen molar-refractivity contribution in [3.63, 3.8) is 0 Å². The van der Waals surface area contributed by atoms with Crippen LogP contribution in [0.1, 0.15) is 70.3 Å². The van der Waals surface area contributed by atoms with E-state index in [9.17, 15) is 9.90 Å². The van der Waals surface area contributed by atoms with Crippen LogP contribution in [0.3, 0.4) is 0 Å². The number of carbonyl (C=O) groups is 1. The lowest BCUT2D eigenvalue weighted by Gasteiger charge is -2.53. The molecule has 1 N–H and O–H groups in total. The summed E-state index contributed by atoms with van der Waals surface area (Å²) in [5, 5.41) is 11.7. The first-order valence-electron chi connectivity index (χ1n) is 12.0. The summed E-state index contributed by atoms with van der Waals surface area (Å²) in [4.78, 5) is 12.2. The molecule has 166 valence electrons. The van der Waals surface area contributed by atoms with Crippen LogP contribution in [-0.4, -0.2) is 23.3 Å². The number of ether oxygens (including phenoxy) is 2. The van der Waals surface area contributed by atoms with Gasteiger partial charge in [0.1, 0.15) is 5.60 Å². The van der Waals surface area contributed by atoms with Crippen LogP contribution in [0.5, 0.6) is 11.5 Å². The third kappa shape index (κ3) is 2.70. The largest absolute Gasteiger partial charge is 0.454 e. The van der Waals surface area contributed by atoms with Gasteiger partial charge in [0, 0.05) is 17.8 Å². The summed E-state index contributed by atoms with van der Waals surface area (Å²) in [5.74, 6) is 9.14. The molecule has 0 spiro atoms. The van der Waals surface area contributed by atoms with E-state index in [4.69, 9.17) is 9.47 Å². The molecule has 0 aromatic heterocycles. The zero-order valence-electron chi connectivity index (χ0n) is 18.9. The maximum absolute atomic E-state index is 12.2. The van der Waals surface area contributed by atoms with Crippen molar-refractivity contribution < 1.29 is 19.4 Å². The second-order valence-corrected chi connectivity index (χ2v) is 10.4. The van der Waals surface area contributed by atoms with Gasteiger partial charge in [0.25, 0.3) is 0 Å². The first-order valence-corrected chi connectivity index (χ1v) is 12.0. The highest BCUT2D eigenvalue weighted by atomic mass is 16.7. The van der Waals surface area contributed by atoms with Crippen LogP contribution in [0.15, 0.2) is 41.0 Å². The van der Waals surface area contributed by atoms with Gasteiger partial charge in [-0.15, -0.1) is 5.92 Å². The molecule has 0 amide bonds. The normalized spacial score (nSPS) is 37.2. The number of carbonyl (C=O) groups excluding carboxylic acids is 1. The monoisotopic (exact) mass is 430 g/mol. The van der Waals surface area contributed by atoms with E-state index >= 15 is 0 Å². The first-order chi connectivity index (χ1) is 15.4. The Balaban J connectivity index is 1.54. The fourth-order valence-electron chi connectivity index (χ4n) is 7.51. The van der Waals surface area contributed by atoms with Gasteiger partial charge >= 0.3 is 0 Å². The molecular formula is C28H30O4. The van der Waals surface area contributed by atoms with Crippen molar-refractivity contribution in [3.05, 3.63) is 46.6 Å². The summed E-state index contributed by atoms with van der Waals surface area (Å²) in [6.45, 7) is 4.36. The van der Waals surface area contributed by atoms with Gasteiger partial charge in [-0.1, -0.05) is 24.5 Å². The molecule has 1 unspecified atom stereocenters. The molecule has 1 aromatic rings. The number of ketones is 1. The molecule has 5 atom stereocenters. The Kier molecular flexibility index (Phi) is 4.40. The highest BCUT2D eigenvalue weighted by Crippen LogP contribution is 2.66. The van der Waals surface area contributed by atoms with Crippen LogP contribution in [0.25, 0.3) is 0 Å². The van der Waals surface area contributed by atoms with E-state index in [1.165, 1.54) is 22.3 Å². The third-order valence-electron chi connectivity index (χ3n) is 9.02. The summed E-state index contributed by atoms with van der Waals surface area (Å²) < 4.78 is 11.3. The standard InChI is InChI=1S/C28H30O4/c1-3-11-28(30)12-10-23-21-7-4-17-13-19(29)6-8-20(17)26(21)22(15-27(23,28)2)18-5-9-24-25(14-18)32-16-31-24/h5,9,13-14,21-23,30H,4,6-8,10,12,15-16H2,1-2H3/t21-,22?,23-,27-,28+/m0/s1. The number of benzene rings is 1. The van der Waals surface area contributed by atoms with Crippen LogP contribution in [0.4, 0.5) is 0 Å². The van der Waals surface area contributed by atoms with Gasteiger partial charge in [-0.3, -0.25) is 4.79 Å². The zero-order chi connectivity index (χ0) is 22.1. The molecule has 1 aromatic carbocycles. The average Bonchev–Trinajstić information content (AvgIpc) is 3.35. The molecule has 2 saturated carbocycles. The fourth-order valence-corrected chi connectivity index (χ4v) is 7.51. The maximum atomic E-state index is 12.2. The van der Waals surface area contributed by atoms with Gasteiger partial charge in [-0.2, -0.15) is 0 Å². The SMILES string of the molecule is CC#C[C@@]1(O)CC[C@H]2[C@@H]3CCC4=CC(=O)CCC4=C3C(c3ccc4c(c3)OCO4)C[C@@]21C. The molecule has 4 nitrogen and oxygen atoms in total. The highest BCUT2D eigenvalue weighted by molar-refractivity contribution is 5.93. The molecule has 4 aliphatic carbocycles. The minimum atomic E-state index is -0.949. The molecule has 32 heavy (non-hydrogen) atoms. The minimum Gasteiger partial charge on any atom is -0.454 e. The van der Waals surface area contributed by atoms with Gasteiger partial charge in [0.15, 0.2) is 17.3 Å².